The maximum atomic E-state index is 8.72. The summed E-state index contributed by atoms with van der Waals surface area (Å²) in [6.07, 6.45) is 6.87. The van der Waals surface area contributed by atoms with Gasteiger partial charge in [-0.25, -0.2) is 0 Å². The molecule has 0 heterocycles. The minimum absolute atomic E-state index is 0.175. The van der Waals surface area contributed by atoms with Crippen molar-refractivity contribution in [2.24, 2.45) is 0 Å². The summed E-state index contributed by atoms with van der Waals surface area (Å²) in [6.45, 7) is 3.01. The topological polar surface area (TPSA) is 29.5 Å². The van der Waals surface area contributed by atoms with E-state index in [1.807, 2.05) is 13.0 Å². The number of aliphatic hydroxyl groups excluding tert-OH is 1. The molecule has 1 fully saturated rings. The van der Waals surface area contributed by atoms with Gasteiger partial charge in [-0.15, -0.1) is 0 Å². The highest BCUT2D eigenvalue weighted by Crippen LogP contribution is 2.25. The maximum absolute atomic E-state index is 8.72. The number of rotatable bonds is 3. The molecule has 0 amide bonds. The molecule has 1 N–H and O–H groups in total. The number of hydrogen-bond acceptors (Lipinski definition) is 2. The van der Waals surface area contributed by atoms with Crippen LogP contribution in [0.5, 0.6) is 0 Å². The van der Waals surface area contributed by atoms with Crippen molar-refractivity contribution >= 4 is 0 Å². The Hall–Kier alpha value is -0.340. The molecule has 0 bridgehead atoms. The molecule has 1 aliphatic carbocycles. The third-order valence-corrected chi connectivity index (χ3v) is 2.30. The lowest BCUT2D eigenvalue weighted by Gasteiger charge is -2.23. The van der Waals surface area contributed by atoms with Crippen LogP contribution in [0.3, 0.4) is 0 Å². The molecule has 0 aromatic heterocycles. The fourth-order valence-electron chi connectivity index (χ4n) is 1.75. The Morgan fingerprint density at radius 1 is 1.67 bits per heavy atom. The Labute approximate surface area is 74.2 Å². The Morgan fingerprint density at radius 3 is 3.17 bits per heavy atom. The Kier molecular flexibility index (Phi) is 4.33. The quantitative estimate of drug-likeness (QED) is 0.655. The van der Waals surface area contributed by atoms with Crippen LogP contribution < -0.4 is 0 Å². The molecule has 1 aliphatic rings. The summed E-state index contributed by atoms with van der Waals surface area (Å²) in [5.41, 5.74) is 1.36. The lowest BCUT2D eigenvalue weighted by atomic mass is 9.92. The molecular weight excluding hydrogens is 152 g/mol. The first-order valence-electron chi connectivity index (χ1n) is 4.77. The Bertz CT molecular complexity index is 150. The van der Waals surface area contributed by atoms with Crippen molar-refractivity contribution in [3.63, 3.8) is 0 Å². The van der Waals surface area contributed by atoms with Crippen molar-refractivity contribution in [2.75, 3.05) is 13.2 Å². The van der Waals surface area contributed by atoms with Crippen LogP contribution in [0.4, 0.5) is 0 Å². The first-order valence-corrected chi connectivity index (χ1v) is 4.77. The van der Waals surface area contributed by atoms with Gasteiger partial charge in [-0.1, -0.05) is 11.6 Å². The monoisotopic (exact) mass is 170 g/mol. The average molecular weight is 170 g/mol. The smallest absolute Gasteiger partial charge is 0.0615 e. The van der Waals surface area contributed by atoms with Gasteiger partial charge < -0.3 is 9.84 Å². The lowest BCUT2D eigenvalue weighted by Crippen LogP contribution is -2.18. The number of hydrogen-bond donors (Lipinski definition) is 1. The second-order valence-corrected chi connectivity index (χ2v) is 3.22. The van der Waals surface area contributed by atoms with Crippen molar-refractivity contribution in [3.05, 3.63) is 11.6 Å². The Morgan fingerprint density at radius 2 is 2.50 bits per heavy atom. The van der Waals surface area contributed by atoms with Gasteiger partial charge in [0.05, 0.1) is 12.7 Å². The second-order valence-electron chi connectivity index (χ2n) is 3.22. The molecule has 0 saturated heterocycles. The van der Waals surface area contributed by atoms with Crippen molar-refractivity contribution < 1.29 is 9.84 Å². The summed E-state index contributed by atoms with van der Waals surface area (Å²) < 4.78 is 5.54. The van der Waals surface area contributed by atoms with Crippen molar-refractivity contribution in [3.8, 4) is 0 Å². The van der Waals surface area contributed by atoms with Crippen LogP contribution in [-0.4, -0.2) is 24.4 Å². The zero-order valence-electron chi connectivity index (χ0n) is 7.75. The predicted octanol–water partition coefficient (Wildman–Crippen LogP) is 1.88. The molecular formula is C10H18O2. The van der Waals surface area contributed by atoms with Gasteiger partial charge in [0, 0.05) is 6.61 Å². The van der Waals surface area contributed by atoms with E-state index in [0.717, 1.165) is 19.4 Å². The van der Waals surface area contributed by atoms with Gasteiger partial charge >= 0.3 is 0 Å². The zero-order chi connectivity index (χ0) is 8.81. The van der Waals surface area contributed by atoms with Crippen molar-refractivity contribution in [1.82, 2.24) is 0 Å². The van der Waals surface area contributed by atoms with Gasteiger partial charge in [0.2, 0.25) is 0 Å². The highest BCUT2D eigenvalue weighted by Gasteiger charge is 2.16. The first kappa shape index (κ1) is 9.75. The van der Waals surface area contributed by atoms with Gasteiger partial charge in [0.1, 0.15) is 0 Å². The van der Waals surface area contributed by atoms with Crippen LogP contribution in [0.1, 0.15) is 32.6 Å². The highest BCUT2D eigenvalue weighted by molar-refractivity contribution is 5.06. The van der Waals surface area contributed by atoms with Crippen molar-refractivity contribution in [1.29, 1.82) is 0 Å². The molecule has 1 unspecified atom stereocenters. The molecule has 70 valence electrons. The maximum Gasteiger partial charge on any atom is 0.0615 e. The minimum Gasteiger partial charge on any atom is -0.392 e. The van der Waals surface area contributed by atoms with E-state index in [1.165, 1.54) is 18.4 Å². The van der Waals surface area contributed by atoms with Crippen molar-refractivity contribution in [2.45, 2.75) is 38.7 Å². The summed E-state index contributed by atoms with van der Waals surface area (Å²) in [5.74, 6) is 0. The van der Waals surface area contributed by atoms with Gasteiger partial charge in [-0.2, -0.15) is 0 Å². The molecule has 1 atom stereocenters. The zero-order valence-corrected chi connectivity index (χ0v) is 7.75. The van der Waals surface area contributed by atoms with Gasteiger partial charge in [-0.3, -0.25) is 0 Å². The van der Waals surface area contributed by atoms with Crippen LogP contribution in [-0.2, 0) is 4.74 Å². The van der Waals surface area contributed by atoms with Crippen LogP contribution in [0.25, 0.3) is 0 Å². The highest BCUT2D eigenvalue weighted by atomic mass is 16.5. The molecule has 2 heteroatoms. The van der Waals surface area contributed by atoms with E-state index in [2.05, 4.69) is 0 Å². The second kappa shape index (κ2) is 5.33. The molecule has 2 nitrogen and oxygen atoms in total. The average Bonchev–Trinajstić information content (AvgIpc) is 2.06. The largest absolute Gasteiger partial charge is 0.392 e. The fourth-order valence-corrected chi connectivity index (χ4v) is 1.75. The SMILES string of the molecule is CCOC1CCCC(=CCO)C1. The van der Waals surface area contributed by atoms with Gasteiger partial charge in [0.15, 0.2) is 0 Å². The third kappa shape index (κ3) is 2.95. The van der Waals surface area contributed by atoms with E-state index in [1.54, 1.807) is 0 Å². The molecule has 12 heavy (non-hydrogen) atoms. The van der Waals surface area contributed by atoms with Gasteiger partial charge in [-0.05, 0) is 32.6 Å². The fraction of sp³-hybridized carbons (Fsp3) is 0.800. The normalized spacial score (nSPS) is 27.8. The third-order valence-electron chi connectivity index (χ3n) is 2.30. The summed E-state index contributed by atoms with van der Waals surface area (Å²) >= 11 is 0. The molecule has 0 radical (unpaired) electrons. The van der Waals surface area contributed by atoms with Crippen LogP contribution in [0.15, 0.2) is 11.6 Å². The summed E-state index contributed by atoms with van der Waals surface area (Å²) in [4.78, 5) is 0. The van der Waals surface area contributed by atoms with Crippen LogP contribution in [0.2, 0.25) is 0 Å². The number of aliphatic hydroxyl groups is 1. The molecule has 0 spiro atoms. The minimum atomic E-state index is 0.175. The van der Waals surface area contributed by atoms with E-state index >= 15 is 0 Å². The van der Waals surface area contributed by atoms with E-state index in [4.69, 9.17) is 9.84 Å². The first-order chi connectivity index (χ1) is 5.86. The standard InChI is InChI=1S/C10H18O2/c1-2-12-10-5-3-4-9(8-10)6-7-11/h6,10-11H,2-5,7-8H2,1H3. The van der Waals surface area contributed by atoms with E-state index in [9.17, 15) is 0 Å². The van der Waals surface area contributed by atoms with E-state index in [-0.39, 0.29) is 6.61 Å². The molecule has 0 aliphatic heterocycles. The summed E-state index contributed by atoms with van der Waals surface area (Å²) in [5, 5.41) is 8.72. The lowest BCUT2D eigenvalue weighted by molar-refractivity contribution is 0.0482. The Balaban J connectivity index is 2.35. The number of ether oxygens (including phenoxy) is 1. The van der Waals surface area contributed by atoms with Crippen LogP contribution >= 0.6 is 0 Å². The molecule has 0 aromatic rings. The van der Waals surface area contributed by atoms with Crippen LogP contribution in [0, 0.1) is 0 Å². The molecule has 1 saturated carbocycles. The van der Waals surface area contributed by atoms with Gasteiger partial charge in [0.25, 0.3) is 0 Å². The predicted molar refractivity (Wildman–Crippen MR) is 49.1 cm³/mol. The van der Waals surface area contributed by atoms with E-state index in [0.29, 0.717) is 6.10 Å². The van der Waals surface area contributed by atoms with E-state index < -0.39 is 0 Å². The summed E-state index contributed by atoms with van der Waals surface area (Å²) in [7, 11) is 0. The molecule has 0 aromatic carbocycles. The summed E-state index contributed by atoms with van der Waals surface area (Å²) in [6, 6.07) is 0. The molecule has 1 rings (SSSR count).